The van der Waals surface area contributed by atoms with E-state index in [4.69, 9.17) is 0 Å². The van der Waals surface area contributed by atoms with Crippen molar-refractivity contribution < 1.29 is 4.57 Å². The van der Waals surface area contributed by atoms with Crippen LogP contribution in [0.4, 0.5) is 0 Å². The first-order valence-corrected chi connectivity index (χ1v) is 8.24. The Morgan fingerprint density at radius 1 is 0.957 bits per heavy atom. The van der Waals surface area contributed by atoms with Crippen LogP contribution in [-0.2, 0) is 0 Å². The number of rotatable bonds is 3. The molecule has 2 aliphatic carbocycles. The van der Waals surface area contributed by atoms with Crippen molar-refractivity contribution in [1.82, 2.24) is 0 Å². The zero-order chi connectivity index (χ0) is 15.6. The first kappa shape index (κ1) is 14.0. The summed E-state index contributed by atoms with van der Waals surface area (Å²) >= 11 is 0. The number of fused-ring (bicyclic) bond motifs is 1. The highest BCUT2D eigenvalue weighted by Crippen LogP contribution is 2.43. The van der Waals surface area contributed by atoms with E-state index in [9.17, 15) is 0 Å². The van der Waals surface area contributed by atoms with Crippen LogP contribution in [0.5, 0.6) is 0 Å². The minimum Gasteiger partial charge on any atom is -0.166 e. The third-order valence-electron chi connectivity index (χ3n) is 4.61. The van der Waals surface area contributed by atoms with Gasteiger partial charge in [0.2, 0.25) is 5.70 Å². The predicted octanol–water partition coefficient (Wildman–Crippen LogP) is 4.82. The largest absolute Gasteiger partial charge is 0.221 e. The van der Waals surface area contributed by atoms with E-state index in [0.717, 1.165) is 6.42 Å². The molecule has 0 spiro atoms. The van der Waals surface area contributed by atoms with E-state index < -0.39 is 0 Å². The van der Waals surface area contributed by atoms with E-state index in [0.29, 0.717) is 5.92 Å². The van der Waals surface area contributed by atoms with E-state index in [1.807, 2.05) is 0 Å². The second-order valence-corrected chi connectivity index (χ2v) is 5.96. The van der Waals surface area contributed by atoms with Gasteiger partial charge in [-0.3, -0.25) is 0 Å². The van der Waals surface area contributed by atoms with Crippen LogP contribution in [0, 0.1) is 0 Å². The van der Waals surface area contributed by atoms with Crippen LogP contribution in [0.15, 0.2) is 102 Å². The number of hydrogen-bond donors (Lipinski definition) is 0. The first-order chi connectivity index (χ1) is 11.4. The van der Waals surface area contributed by atoms with Crippen molar-refractivity contribution in [2.24, 2.45) is 0 Å². The Morgan fingerprint density at radius 3 is 2.43 bits per heavy atom. The van der Waals surface area contributed by atoms with Crippen molar-refractivity contribution in [2.45, 2.75) is 19.3 Å². The van der Waals surface area contributed by atoms with Crippen molar-refractivity contribution >= 4 is 5.70 Å². The van der Waals surface area contributed by atoms with Crippen molar-refractivity contribution in [3.05, 3.63) is 108 Å². The second kappa shape index (κ2) is 5.85. The van der Waals surface area contributed by atoms with Crippen LogP contribution in [0.3, 0.4) is 0 Å². The number of nitrogens with zero attached hydrogens (tertiary/aromatic N) is 1. The molecule has 0 radical (unpaired) electrons. The van der Waals surface area contributed by atoms with Gasteiger partial charge < -0.3 is 0 Å². The Kier molecular flexibility index (Phi) is 3.55. The molecule has 0 N–H and O–H groups in total. The third kappa shape index (κ3) is 2.39. The predicted molar refractivity (Wildman–Crippen MR) is 94.6 cm³/mol. The molecule has 2 aromatic rings. The molecule has 1 heteroatoms. The molecule has 1 nitrogen and oxygen atoms in total. The fourth-order valence-corrected chi connectivity index (χ4v) is 3.52. The SMILES string of the molecule is CCC1=C([n+]2ccccc2)C2=CC=CC(c3ccccc3)C2=C1. The molecule has 2 aliphatic rings. The molecule has 0 fully saturated rings. The molecule has 1 unspecified atom stereocenters. The Morgan fingerprint density at radius 2 is 1.70 bits per heavy atom. The van der Waals surface area contributed by atoms with Gasteiger partial charge in [-0.1, -0.05) is 55.5 Å². The van der Waals surface area contributed by atoms with Gasteiger partial charge in [0, 0.05) is 23.6 Å². The van der Waals surface area contributed by atoms with Gasteiger partial charge >= 0.3 is 0 Å². The van der Waals surface area contributed by atoms with Crippen molar-refractivity contribution in [1.29, 1.82) is 0 Å². The summed E-state index contributed by atoms with van der Waals surface area (Å²) in [5.41, 5.74) is 6.87. The first-order valence-electron chi connectivity index (χ1n) is 8.24. The van der Waals surface area contributed by atoms with Gasteiger partial charge in [-0.2, -0.15) is 4.57 Å². The quantitative estimate of drug-likeness (QED) is 0.716. The Hall–Kier alpha value is -2.67. The van der Waals surface area contributed by atoms with Crippen molar-refractivity contribution in [3.8, 4) is 0 Å². The van der Waals surface area contributed by atoms with Gasteiger partial charge in [0.1, 0.15) is 0 Å². The zero-order valence-corrected chi connectivity index (χ0v) is 13.3. The summed E-state index contributed by atoms with van der Waals surface area (Å²) in [6.07, 6.45) is 14.5. The smallest absolute Gasteiger partial charge is 0.166 e. The summed E-state index contributed by atoms with van der Waals surface area (Å²) < 4.78 is 2.25. The maximum atomic E-state index is 2.39. The number of aromatic nitrogens is 1. The second-order valence-electron chi connectivity index (χ2n) is 5.96. The molecular formula is C22H20N+. The molecule has 0 saturated carbocycles. The molecule has 23 heavy (non-hydrogen) atoms. The topological polar surface area (TPSA) is 3.88 Å². The minimum atomic E-state index is 0.347. The van der Waals surface area contributed by atoms with E-state index in [-0.39, 0.29) is 0 Å². The van der Waals surface area contributed by atoms with Crippen LogP contribution in [0.2, 0.25) is 0 Å². The summed E-state index contributed by atoms with van der Waals surface area (Å²) in [6.45, 7) is 2.23. The van der Waals surface area contributed by atoms with Crippen LogP contribution < -0.4 is 4.57 Å². The highest BCUT2D eigenvalue weighted by molar-refractivity contribution is 5.79. The maximum absolute atomic E-state index is 2.39. The third-order valence-corrected chi connectivity index (χ3v) is 4.61. The molecule has 0 aliphatic heterocycles. The van der Waals surface area contributed by atoms with Gasteiger partial charge in [-0.05, 0) is 29.7 Å². The van der Waals surface area contributed by atoms with Gasteiger partial charge in [0.05, 0.1) is 5.57 Å². The summed E-state index contributed by atoms with van der Waals surface area (Å²) in [5, 5.41) is 0. The zero-order valence-electron chi connectivity index (χ0n) is 13.3. The number of hydrogen-bond acceptors (Lipinski definition) is 0. The lowest BCUT2D eigenvalue weighted by molar-refractivity contribution is -0.579. The van der Waals surface area contributed by atoms with E-state index in [1.165, 1.54) is 28.0 Å². The van der Waals surface area contributed by atoms with Crippen LogP contribution in [0.1, 0.15) is 24.8 Å². The number of benzene rings is 1. The molecule has 1 aromatic carbocycles. The molecular weight excluding hydrogens is 278 g/mol. The Balaban J connectivity index is 1.80. The van der Waals surface area contributed by atoms with Gasteiger partial charge in [0.25, 0.3) is 0 Å². The highest BCUT2D eigenvalue weighted by atomic mass is 15.0. The molecule has 4 rings (SSSR count). The number of pyridine rings is 1. The van der Waals surface area contributed by atoms with Crippen molar-refractivity contribution in [2.75, 3.05) is 0 Å². The Bertz CT molecular complexity index is 836. The fourth-order valence-electron chi connectivity index (χ4n) is 3.52. The average Bonchev–Trinajstić information content (AvgIpc) is 3.02. The molecule has 1 aromatic heterocycles. The van der Waals surface area contributed by atoms with Crippen LogP contribution >= 0.6 is 0 Å². The van der Waals surface area contributed by atoms with Crippen LogP contribution in [-0.4, -0.2) is 0 Å². The number of allylic oxidation sites excluding steroid dienone is 8. The van der Waals surface area contributed by atoms with E-state index in [1.54, 1.807) is 0 Å². The molecule has 1 atom stereocenters. The van der Waals surface area contributed by atoms with Crippen LogP contribution in [0.25, 0.3) is 5.70 Å². The fraction of sp³-hybridized carbons (Fsp3) is 0.136. The summed E-state index contributed by atoms with van der Waals surface area (Å²) in [7, 11) is 0. The highest BCUT2D eigenvalue weighted by Gasteiger charge is 2.33. The monoisotopic (exact) mass is 298 g/mol. The minimum absolute atomic E-state index is 0.347. The lowest BCUT2D eigenvalue weighted by Gasteiger charge is -2.19. The standard InChI is InChI=1S/C22H20N/c1-2-17-16-21-19(18-10-5-3-6-11-18)12-9-13-20(21)22(17)23-14-7-4-8-15-23/h3-16,19H,2H2,1H3/q+1. The molecule has 0 saturated heterocycles. The molecule has 1 heterocycles. The van der Waals surface area contributed by atoms with E-state index >= 15 is 0 Å². The lowest BCUT2D eigenvalue weighted by Crippen LogP contribution is -2.32. The average molecular weight is 298 g/mol. The van der Waals surface area contributed by atoms with Gasteiger partial charge in [-0.25, -0.2) is 0 Å². The van der Waals surface area contributed by atoms with E-state index in [2.05, 4.69) is 96.7 Å². The normalized spacial score (nSPS) is 19.4. The molecule has 0 bridgehead atoms. The summed E-state index contributed by atoms with van der Waals surface area (Å²) in [6, 6.07) is 17.0. The van der Waals surface area contributed by atoms with Crippen molar-refractivity contribution in [3.63, 3.8) is 0 Å². The Labute approximate surface area is 137 Å². The molecule has 112 valence electrons. The summed E-state index contributed by atoms with van der Waals surface area (Å²) in [5.74, 6) is 0.347. The summed E-state index contributed by atoms with van der Waals surface area (Å²) in [4.78, 5) is 0. The van der Waals surface area contributed by atoms with Gasteiger partial charge in [0.15, 0.2) is 12.4 Å². The maximum Gasteiger partial charge on any atom is 0.221 e. The molecule has 0 amide bonds. The van der Waals surface area contributed by atoms with Gasteiger partial charge in [-0.15, -0.1) is 0 Å². The lowest BCUT2D eigenvalue weighted by atomic mass is 9.84.